The minimum atomic E-state index is -4.09. The summed E-state index contributed by atoms with van der Waals surface area (Å²) in [6.07, 6.45) is 0.635. The van der Waals surface area contributed by atoms with Crippen molar-refractivity contribution >= 4 is 22.3 Å². The van der Waals surface area contributed by atoms with Gasteiger partial charge in [-0.25, -0.2) is 8.42 Å². The second kappa shape index (κ2) is 7.04. The zero-order valence-electron chi connectivity index (χ0n) is 11.3. The smallest absolute Gasteiger partial charge is 0.305 e. The van der Waals surface area contributed by atoms with E-state index in [4.69, 9.17) is 14.6 Å². The number of hydrogen-bond acceptors (Lipinski definition) is 6. The summed E-state index contributed by atoms with van der Waals surface area (Å²) in [5, 5.41) is 8.58. The molecule has 0 bridgehead atoms. The van der Waals surface area contributed by atoms with Crippen LogP contribution in [0.1, 0.15) is 6.42 Å². The van der Waals surface area contributed by atoms with Crippen LogP contribution in [-0.4, -0.2) is 46.0 Å². The minimum Gasteiger partial charge on any atom is -0.493 e. The Morgan fingerprint density at radius 2 is 1.95 bits per heavy atom. The molecule has 0 aromatic heterocycles. The second-order valence-corrected chi connectivity index (χ2v) is 5.62. The number of carboxylic acid groups (broad SMARTS) is 1. The third-order valence-electron chi connectivity index (χ3n) is 2.48. The van der Waals surface area contributed by atoms with Gasteiger partial charge in [-0.05, 0) is 12.1 Å². The van der Waals surface area contributed by atoms with Crippen molar-refractivity contribution in [3.63, 3.8) is 0 Å². The summed E-state index contributed by atoms with van der Waals surface area (Å²) in [4.78, 5) is 20.9. The van der Waals surface area contributed by atoms with Gasteiger partial charge in [-0.2, -0.15) is 4.72 Å². The molecule has 8 nitrogen and oxygen atoms in total. The van der Waals surface area contributed by atoms with Crippen molar-refractivity contribution < 1.29 is 32.6 Å². The van der Waals surface area contributed by atoms with Crippen molar-refractivity contribution in [2.24, 2.45) is 0 Å². The summed E-state index contributed by atoms with van der Waals surface area (Å²) >= 11 is 0. The normalized spacial score (nSPS) is 12.5. The number of ether oxygens (including phenoxy) is 2. The summed E-state index contributed by atoms with van der Waals surface area (Å²) in [5.41, 5.74) is 0. The molecule has 1 radical (unpaired) electrons. The van der Waals surface area contributed by atoms with E-state index in [-0.39, 0.29) is 10.6 Å². The molecule has 0 fully saturated rings. The molecular formula is C12H14NO7S. The highest BCUT2D eigenvalue weighted by atomic mass is 32.2. The van der Waals surface area contributed by atoms with Gasteiger partial charge < -0.3 is 14.6 Å². The van der Waals surface area contributed by atoms with Gasteiger partial charge in [-0.3, -0.25) is 9.59 Å². The zero-order chi connectivity index (χ0) is 16.0. The van der Waals surface area contributed by atoms with Crippen LogP contribution < -0.4 is 14.2 Å². The third kappa shape index (κ3) is 4.43. The molecule has 115 valence electrons. The van der Waals surface area contributed by atoms with Crippen molar-refractivity contribution in [3.05, 3.63) is 18.2 Å². The lowest BCUT2D eigenvalue weighted by atomic mass is 10.2. The summed E-state index contributed by atoms with van der Waals surface area (Å²) in [6.45, 7) is 0. The number of nitrogens with one attached hydrogen (secondary N) is 1. The number of carbonyl (C=O) groups is 1. The molecule has 0 heterocycles. The fourth-order valence-corrected chi connectivity index (χ4v) is 2.67. The van der Waals surface area contributed by atoms with Gasteiger partial charge in [0, 0.05) is 6.07 Å². The van der Waals surface area contributed by atoms with E-state index in [1.165, 1.54) is 38.7 Å². The lowest BCUT2D eigenvalue weighted by Gasteiger charge is -2.13. The molecule has 0 saturated heterocycles. The van der Waals surface area contributed by atoms with Gasteiger partial charge >= 0.3 is 5.97 Å². The molecule has 1 aromatic carbocycles. The van der Waals surface area contributed by atoms with E-state index in [0.717, 1.165) is 0 Å². The van der Waals surface area contributed by atoms with Crippen LogP contribution in [0.4, 0.5) is 0 Å². The molecule has 1 atom stereocenters. The molecule has 21 heavy (non-hydrogen) atoms. The maximum Gasteiger partial charge on any atom is 0.305 e. The van der Waals surface area contributed by atoms with Crippen LogP contribution >= 0.6 is 0 Å². The highest BCUT2D eigenvalue weighted by Crippen LogP contribution is 2.29. The van der Waals surface area contributed by atoms with Crippen molar-refractivity contribution in [3.8, 4) is 11.5 Å². The SMILES string of the molecule is COc1ccc(S(=O)(=O)N[C@H]([C]=O)CC(=O)O)cc1OC. The molecule has 1 rings (SSSR count). The predicted molar refractivity (Wildman–Crippen MR) is 71.6 cm³/mol. The van der Waals surface area contributed by atoms with Gasteiger partial charge in [0.05, 0.1) is 31.6 Å². The number of rotatable bonds is 8. The first-order chi connectivity index (χ1) is 9.83. The van der Waals surface area contributed by atoms with E-state index in [9.17, 15) is 18.0 Å². The fourth-order valence-electron chi connectivity index (χ4n) is 1.52. The number of benzene rings is 1. The molecule has 0 aliphatic heterocycles. The minimum absolute atomic E-state index is 0.185. The summed E-state index contributed by atoms with van der Waals surface area (Å²) in [6, 6.07) is 2.35. The number of aliphatic carboxylic acids is 1. The Kier molecular flexibility index (Phi) is 5.68. The first-order valence-corrected chi connectivity index (χ1v) is 7.16. The van der Waals surface area contributed by atoms with Crippen LogP contribution in [0.15, 0.2) is 23.1 Å². The average molecular weight is 316 g/mol. The summed E-state index contributed by atoms with van der Waals surface area (Å²) < 4.78 is 36.1. The maximum absolute atomic E-state index is 12.1. The van der Waals surface area contributed by atoms with Crippen LogP contribution in [0.5, 0.6) is 11.5 Å². The lowest BCUT2D eigenvalue weighted by molar-refractivity contribution is -0.137. The first kappa shape index (κ1) is 16.9. The number of carboxylic acids is 1. The highest BCUT2D eigenvalue weighted by molar-refractivity contribution is 7.89. The van der Waals surface area contributed by atoms with Crippen LogP contribution in [0.3, 0.4) is 0 Å². The van der Waals surface area contributed by atoms with Gasteiger partial charge in [0.15, 0.2) is 11.5 Å². The van der Waals surface area contributed by atoms with Gasteiger partial charge in [0.25, 0.3) is 0 Å². The molecule has 1 aromatic rings. The Labute approximate surface area is 121 Å². The highest BCUT2D eigenvalue weighted by Gasteiger charge is 2.23. The van der Waals surface area contributed by atoms with Crippen molar-refractivity contribution in [1.82, 2.24) is 4.72 Å². The zero-order valence-corrected chi connectivity index (χ0v) is 12.1. The van der Waals surface area contributed by atoms with Crippen LogP contribution in [-0.2, 0) is 19.6 Å². The van der Waals surface area contributed by atoms with E-state index in [1.807, 2.05) is 4.72 Å². The fraction of sp³-hybridized carbons (Fsp3) is 0.333. The Morgan fingerprint density at radius 3 is 2.43 bits per heavy atom. The largest absolute Gasteiger partial charge is 0.493 e. The molecule has 0 saturated carbocycles. The molecule has 0 amide bonds. The predicted octanol–water partition coefficient (Wildman–Crippen LogP) is -0.0649. The van der Waals surface area contributed by atoms with Crippen molar-refractivity contribution in [2.45, 2.75) is 17.4 Å². The first-order valence-electron chi connectivity index (χ1n) is 5.68. The summed E-state index contributed by atoms with van der Waals surface area (Å²) in [7, 11) is -1.35. The number of methoxy groups -OCH3 is 2. The molecule has 0 aliphatic rings. The van der Waals surface area contributed by atoms with E-state index in [1.54, 1.807) is 0 Å². The Morgan fingerprint density at radius 1 is 1.33 bits per heavy atom. The summed E-state index contributed by atoms with van der Waals surface area (Å²) in [5.74, 6) is -0.802. The van der Waals surface area contributed by atoms with Crippen molar-refractivity contribution in [1.29, 1.82) is 0 Å². The van der Waals surface area contributed by atoms with E-state index >= 15 is 0 Å². The Bertz CT molecular complexity index is 626. The van der Waals surface area contributed by atoms with Gasteiger partial charge in [0.1, 0.15) is 0 Å². The van der Waals surface area contributed by atoms with Crippen LogP contribution in [0.25, 0.3) is 0 Å². The third-order valence-corrected chi connectivity index (χ3v) is 3.95. The van der Waals surface area contributed by atoms with Crippen LogP contribution in [0.2, 0.25) is 0 Å². The van der Waals surface area contributed by atoms with E-state index in [0.29, 0.717) is 5.75 Å². The van der Waals surface area contributed by atoms with Crippen LogP contribution in [0, 0.1) is 0 Å². The Hall–Kier alpha value is -2.13. The molecule has 0 unspecified atom stereocenters. The lowest BCUT2D eigenvalue weighted by Crippen LogP contribution is -2.37. The standard InChI is InChI=1S/C12H14NO7S/c1-19-10-4-3-9(6-11(10)20-2)21(17,18)13-8(7-14)5-12(15)16/h3-4,6,8,13H,5H2,1-2H3,(H,15,16)/t8-/m0/s1. The number of sulfonamides is 1. The van der Waals surface area contributed by atoms with Gasteiger partial charge in [-0.1, -0.05) is 0 Å². The van der Waals surface area contributed by atoms with E-state index in [2.05, 4.69) is 0 Å². The molecule has 2 N–H and O–H groups in total. The van der Waals surface area contributed by atoms with E-state index < -0.39 is 28.5 Å². The molecule has 9 heteroatoms. The molecular weight excluding hydrogens is 302 g/mol. The average Bonchev–Trinajstić information content (AvgIpc) is 2.44. The van der Waals surface area contributed by atoms with Gasteiger partial charge in [0.2, 0.25) is 16.3 Å². The topological polar surface area (TPSA) is 119 Å². The molecule has 0 aliphatic carbocycles. The van der Waals surface area contributed by atoms with Gasteiger partial charge in [-0.15, -0.1) is 0 Å². The quantitative estimate of drug-likeness (QED) is 0.689. The second-order valence-electron chi connectivity index (χ2n) is 3.91. The van der Waals surface area contributed by atoms with Crippen molar-refractivity contribution in [2.75, 3.05) is 14.2 Å². The maximum atomic E-state index is 12.1. The molecule has 0 spiro atoms. The number of hydrogen-bond donors (Lipinski definition) is 2. The Balaban J connectivity index is 3.07. The number of carbonyl (C=O) groups excluding carboxylic acids is 1. The monoisotopic (exact) mass is 316 g/mol.